The lowest BCUT2D eigenvalue weighted by atomic mass is 10.00. The second-order valence-electron chi connectivity index (χ2n) is 4.63. The molecule has 0 spiro atoms. The molecule has 3 rings (SSSR count). The summed E-state index contributed by atoms with van der Waals surface area (Å²) in [6, 6.07) is 0. The molecule has 0 bridgehead atoms. The SMILES string of the molecule is Cc1nc(-c2cnn(C)c2)c2c(c1C)CNC2. The molecule has 0 saturated carbocycles. The van der Waals surface area contributed by atoms with Gasteiger partial charge in [-0.15, -0.1) is 0 Å². The van der Waals surface area contributed by atoms with Crippen LogP contribution in [0, 0.1) is 13.8 Å². The molecule has 0 saturated heterocycles. The summed E-state index contributed by atoms with van der Waals surface area (Å²) in [6.07, 6.45) is 3.91. The van der Waals surface area contributed by atoms with Crippen molar-refractivity contribution in [3.8, 4) is 11.3 Å². The standard InChI is InChI=1S/C13H16N4/c1-8-9(2)16-13(10-4-15-17(3)7-10)12-6-14-5-11(8)12/h4,7,14H,5-6H2,1-3H3. The normalized spacial score (nSPS) is 14.1. The molecule has 0 atom stereocenters. The molecule has 1 aliphatic heterocycles. The van der Waals surface area contributed by atoms with Gasteiger partial charge in [0.05, 0.1) is 11.9 Å². The summed E-state index contributed by atoms with van der Waals surface area (Å²) in [5, 5.41) is 7.63. The van der Waals surface area contributed by atoms with E-state index in [0.717, 1.165) is 30.0 Å². The van der Waals surface area contributed by atoms with Crippen LogP contribution in [0.2, 0.25) is 0 Å². The number of fused-ring (bicyclic) bond motifs is 1. The van der Waals surface area contributed by atoms with Gasteiger partial charge < -0.3 is 5.32 Å². The van der Waals surface area contributed by atoms with E-state index in [0.29, 0.717) is 0 Å². The van der Waals surface area contributed by atoms with Crippen molar-refractivity contribution in [3.63, 3.8) is 0 Å². The van der Waals surface area contributed by atoms with E-state index >= 15 is 0 Å². The van der Waals surface area contributed by atoms with E-state index in [-0.39, 0.29) is 0 Å². The monoisotopic (exact) mass is 228 g/mol. The number of nitrogens with zero attached hydrogens (tertiary/aromatic N) is 3. The molecule has 3 heterocycles. The Hall–Kier alpha value is -1.68. The molecule has 1 N–H and O–H groups in total. The van der Waals surface area contributed by atoms with Crippen LogP contribution >= 0.6 is 0 Å². The summed E-state index contributed by atoms with van der Waals surface area (Å²) >= 11 is 0. The zero-order valence-electron chi connectivity index (χ0n) is 10.4. The summed E-state index contributed by atoms with van der Waals surface area (Å²) < 4.78 is 1.82. The lowest BCUT2D eigenvalue weighted by Gasteiger charge is -2.10. The summed E-state index contributed by atoms with van der Waals surface area (Å²) in [6.45, 7) is 6.10. The Bertz CT molecular complexity index is 583. The quantitative estimate of drug-likeness (QED) is 0.808. The van der Waals surface area contributed by atoms with Crippen molar-refractivity contribution < 1.29 is 0 Å². The largest absolute Gasteiger partial charge is 0.309 e. The Morgan fingerprint density at radius 2 is 2.00 bits per heavy atom. The number of pyridine rings is 1. The van der Waals surface area contributed by atoms with Crippen LogP contribution in [0.15, 0.2) is 12.4 Å². The van der Waals surface area contributed by atoms with Crippen LogP contribution < -0.4 is 5.32 Å². The number of nitrogens with one attached hydrogen (secondary N) is 1. The molecule has 0 aromatic carbocycles. The number of rotatable bonds is 1. The predicted molar refractivity (Wildman–Crippen MR) is 66.5 cm³/mol. The zero-order valence-corrected chi connectivity index (χ0v) is 10.4. The van der Waals surface area contributed by atoms with Crippen molar-refractivity contribution in [2.24, 2.45) is 7.05 Å². The van der Waals surface area contributed by atoms with Crippen LogP contribution in [0.1, 0.15) is 22.4 Å². The fourth-order valence-corrected chi connectivity index (χ4v) is 2.43. The first-order chi connectivity index (χ1) is 8.16. The average molecular weight is 228 g/mol. The van der Waals surface area contributed by atoms with Crippen LogP contribution in [-0.2, 0) is 20.1 Å². The van der Waals surface area contributed by atoms with Crippen molar-refractivity contribution in [3.05, 3.63) is 34.8 Å². The summed E-state index contributed by atoms with van der Waals surface area (Å²) in [4.78, 5) is 4.73. The van der Waals surface area contributed by atoms with Gasteiger partial charge in [-0.25, -0.2) is 0 Å². The summed E-state index contributed by atoms with van der Waals surface area (Å²) in [5.41, 5.74) is 7.37. The van der Waals surface area contributed by atoms with Crippen LogP contribution in [0.4, 0.5) is 0 Å². The fourth-order valence-electron chi connectivity index (χ4n) is 2.43. The molecule has 4 heteroatoms. The van der Waals surface area contributed by atoms with E-state index in [1.807, 2.05) is 24.1 Å². The van der Waals surface area contributed by atoms with Gasteiger partial charge >= 0.3 is 0 Å². The smallest absolute Gasteiger partial charge is 0.0785 e. The highest BCUT2D eigenvalue weighted by molar-refractivity contribution is 5.65. The first-order valence-electron chi connectivity index (χ1n) is 5.85. The highest BCUT2D eigenvalue weighted by Crippen LogP contribution is 2.30. The first kappa shape index (κ1) is 10.5. The lowest BCUT2D eigenvalue weighted by molar-refractivity contribution is 0.763. The highest BCUT2D eigenvalue weighted by atomic mass is 15.2. The van der Waals surface area contributed by atoms with Gasteiger partial charge in [-0.2, -0.15) is 5.10 Å². The molecule has 1 aliphatic rings. The number of aromatic nitrogens is 3. The Morgan fingerprint density at radius 1 is 1.24 bits per heavy atom. The van der Waals surface area contributed by atoms with E-state index < -0.39 is 0 Å². The van der Waals surface area contributed by atoms with Crippen molar-refractivity contribution in [1.29, 1.82) is 0 Å². The third kappa shape index (κ3) is 1.56. The topological polar surface area (TPSA) is 42.7 Å². The van der Waals surface area contributed by atoms with E-state index in [9.17, 15) is 0 Å². The average Bonchev–Trinajstić information content (AvgIpc) is 2.92. The third-order valence-corrected chi connectivity index (χ3v) is 3.51. The van der Waals surface area contributed by atoms with Gasteiger partial charge in [0.2, 0.25) is 0 Å². The number of aryl methyl sites for hydroxylation is 2. The first-order valence-corrected chi connectivity index (χ1v) is 5.85. The summed E-state index contributed by atoms with van der Waals surface area (Å²) in [7, 11) is 1.93. The minimum absolute atomic E-state index is 0.910. The molecule has 0 fully saturated rings. The van der Waals surface area contributed by atoms with Gasteiger partial charge in [0.1, 0.15) is 0 Å². The lowest BCUT2D eigenvalue weighted by Crippen LogP contribution is -2.00. The minimum Gasteiger partial charge on any atom is -0.309 e. The molecule has 0 radical (unpaired) electrons. The maximum atomic E-state index is 4.73. The Balaban J connectivity index is 2.24. The van der Waals surface area contributed by atoms with Crippen LogP contribution in [0.25, 0.3) is 11.3 Å². The molecule has 2 aromatic rings. The van der Waals surface area contributed by atoms with Crippen molar-refractivity contribution >= 4 is 0 Å². The summed E-state index contributed by atoms with van der Waals surface area (Å²) in [5.74, 6) is 0. The van der Waals surface area contributed by atoms with Crippen molar-refractivity contribution in [2.45, 2.75) is 26.9 Å². The molecule has 0 amide bonds. The van der Waals surface area contributed by atoms with Gasteiger partial charge in [-0.05, 0) is 30.5 Å². The zero-order chi connectivity index (χ0) is 12.0. The number of hydrogen-bond donors (Lipinski definition) is 1. The molecule has 4 nitrogen and oxygen atoms in total. The van der Waals surface area contributed by atoms with Crippen LogP contribution in [0.5, 0.6) is 0 Å². The fraction of sp³-hybridized carbons (Fsp3) is 0.385. The minimum atomic E-state index is 0.910. The maximum Gasteiger partial charge on any atom is 0.0785 e. The molecule has 17 heavy (non-hydrogen) atoms. The van der Waals surface area contributed by atoms with E-state index in [2.05, 4.69) is 24.3 Å². The second-order valence-corrected chi connectivity index (χ2v) is 4.63. The second kappa shape index (κ2) is 3.67. The van der Waals surface area contributed by atoms with Gasteiger partial charge in [-0.3, -0.25) is 9.67 Å². The van der Waals surface area contributed by atoms with Gasteiger partial charge in [0.15, 0.2) is 0 Å². The van der Waals surface area contributed by atoms with E-state index in [1.165, 1.54) is 16.7 Å². The van der Waals surface area contributed by atoms with Gasteiger partial charge in [0.25, 0.3) is 0 Å². The van der Waals surface area contributed by atoms with Crippen molar-refractivity contribution in [2.75, 3.05) is 0 Å². The molecule has 0 aliphatic carbocycles. The predicted octanol–water partition coefficient (Wildman–Crippen LogP) is 1.70. The Kier molecular flexibility index (Phi) is 2.26. The molecule has 88 valence electrons. The maximum absolute atomic E-state index is 4.73. The van der Waals surface area contributed by atoms with Crippen LogP contribution in [-0.4, -0.2) is 14.8 Å². The van der Waals surface area contributed by atoms with Gasteiger partial charge in [-0.1, -0.05) is 0 Å². The van der Waals surface area contributed by atoms with Gasteiger partial charge in [0, 0.05) is 37.6 Å². The van der Waals surface area contributed by atoms with Crippen molar-refractivity contribution in [1.82, 2.24) is 20.1 Å². The van der Waals surface area contributed by atoms with E-state index in [4.69, 9.17) is 4.98 Å². The van der Waals surface area contributed by atoms with E-state index in [1.54, 1.807) is 0 Å². The molecular weight excluding hydrogens is 212 g/mol. The Labute approximate surface area is 101 Å². The Morgan fingerprint density at radius 3 is 2.71 bits per heavy atom. The molecule has 2 aromatic heterocycles. The third-order valence-electron chi connectivity index (χ3n) is 3.51. The molecule has 0 unspecified atom stereocenters. The molecular formula is C13H16N4. The highest BCUT2D eigenvalue weighted by Gasteiger charge is 2.20. The van der Waals surface area contributed by atoms with Crippen LogP contribution in [0.3, 0.4) is 0 Å². The number of hydrogen-bond acceptors (Lipinski definition) is 3.